The van der Waals surface area contributed by atoms with Crippen molar-refractivity contribution in [3.63, 3.8) is 0 Å². The van der Waals surface area contributed by atoms with Crippen LogP contribution in [0.15, 0.2) is 22.7 Å². The highest BCUT2D eigenvalue weighted by Gasteiger charge is 2.11. The lowest BCUT2D eigenvalue weighted by atomic mass is 10.1. The van der Waals surface area contributed by atoms with Crippen molar-refractivity contribution >= 4 is 12.2 Å². The van der Waals surface area contributed by atoms with Crippen molar-refractivity contribution in [2.75, 3.05) is 19.0 Å². The van der Waals surface area contributed by atoms with Crippen LogP contribution in [0, 0.1) is 11.3 Å². The molecule has 0 aliphatic carbocycles. The molecule has 0 fully saturated rings. The normalized spacial score (nSPS) is 9.83. The van der Waals surface area contributed by atoms with Crippen LogP contribution in [0.5, 0.6) is 0 Å². The number of carbonyl (C=O) groups excluding carboxylic acids is 1. The Morgan fingerprint density at radius 1 is 1.39 bits per heavy atom. The maximum atomic E-state index is 10.8. The average molecular weight is 242 g/mol. The van der Waals surface area contributed by atoms with Gasteiger partial charge in [0, 0.05) is 25.2 Å². The molecule has 90 valence electrons. The summed E-state index contributed by atoms with van der Waals surface area (Å²) >= 11 is 0. The number of aromatic nitrogens is 2. The minimum Gasteiger partial charge on any atom is -0.344 e. The number of hydrogen-bond acceptors (Lipinski definition) is 6. The van der Waals surface area contributed by atoms with Gasteiger partial charge in [-0.25, -0.2) is 0 Å². The molecule has 0 spiro atoms. The minimum atomic E-state index is 0.277. The molecule has 0 bridgehead atoms. The van der Waals surface area contributed by atoms with Gasteiger partial charge in [-0.1, -0.05) is 0 Å². The first-order valence-electron chi connectivity index (χ1n) is 5.16. The number of nitriles is 1. The Morgan fingerprint density at radius 2 is 2.17 bits per heavy atom. The number of carbonyl (C=O) groups is 1. The van der Waals surface area contributed by atoms with E-state index in [1.165, 1.54) is 6.07 Å². The number of benzene rings is 1. The lowest BCUT2D eigenvalue weighted by Gasteiger charge is -2.02. The predicted octanol–water partition coefficient (Wildman–Crippen LogP) is 1.49. The van der Waals surface area contributed by atoms with Crippen LogP contribution in [0.3, 0.4) is 0 Å². The van der Waals surface area contributed by atoms with Crippen molar-refractivity contribution in [3.8, 4) is 17.5 Å². The summed E-state index contributed by atoms with van der Waals surface area (Å²) in [5, 5.41) is 12.7. The lowest BCUT2D eigenvalue weighted by molar-refractivity contribution is 0.112. The molecule has 1 aromatic carbocycles. The van der Waals surface area contributed by atoms with Crippen LogP contribution in [-0.2, 0) is 0 Å². The van der Waals surface area contributed by atoms with Gasteiger partial charge in [0.1, 0.15) is 6.29 Å². The monoisotopic (exact) mass is 242 g/mol. The first-order valence-corrected chi connectivity index (χ1v) is 5.16. The second-order valence-electron chi connectivity index (χ2n) is 3.87. The topological polar surface area (TPSA) is 83.0 Å². The van der Waals surface area contributed by atoms with Gasteiger partial charge in [0.15, 0.2) is 0 Å². The highest BCUT2D eigenvalue weighted by atomic mass is 16.5. The summed E-state index contributed by atoms with van der Waals surface area (Å²) in [4.78, 5) is 16.6. The van der Waals surface area contributed by atoms with Gasteiger partial charge in [-0.15, -0.1) is 0 Å². The Hall–Kier alpha value is -2.68. The van der Waals surface area contributed by atoms with Crippen molar-refractivity contribution in [1.29, 1.82) is 5.26 Å². The zero-order chi connectivity index (χ0) is 13.1. The molecule has 2 aromatic rings. The molecular weight excluding hydrogens is 232 g/mol. The zero-order valence-electron chi connectivity index (χ0n) is 9.91. The summed E-state index contributed by atoms with van der Waals surface area (Å²) in [7, 11) is 3.58. The summed E-state index contributed by atoms with van der Waals surface area (Å²) in [5.41, 5.74) is 1.32. The van der Waals surface area contributed by atoms with Gasteiger partial charge in [0.25, 0.3) is 11.8 Å². The second kappa shape index (κ2) is 4.67. The van der Waals surface area contributed by atoms with E-state index in [1.807, 2.05) is 6.07 Å². The molecule has 18 heavy (non-hydrogen) atoms. The Balaban J connectivity index is 2.49. The molecule has 0 saturated carbocycles. The van der Waals surface area contributed by atoms with E-state index >= 15 is 0 Å². The number of anilines is 1. The Kier molecular flexibility index (Phi) is 3.06. The van der Waals surface area contributed by atoms with E-state index in [9.17, 15) is 4.79 Å². The van der Waals surface area contributed by atoms with Crippen molar-refractivity contribution in [2.45, 2.75) is 0 Å². The molecule has 0 saturated heterocycles. The third kappa shape index (κ3) is 2.20. The third-order valence-electron chi connectivity index (χ3n) is 2.28. The molecule has 1 aromatic heterocycles. The van der Waals surface area contributed by atoms with E-state index in [-0.39, 0.29) is 5.89 Å². The van der Waals surface area contributed by atoms with E-state index in [4.69, 9.17) is 9.78 Å². The largest absolute Gasteiger partial charge is 0.344 e. The number of nitrogens with zero attached hydrogens (tertiary/aromatic N) is 4. The maximum absolute atomic E-state index is 10.8. The molecule has 0 atom stereocenters. The van der Waals surface area contributed by atoms with Gasteiger partial charge >= 0.3 is 0 Å². The van der Waals surface area contributed by atoms with Crippen molar-refractivity contribution in [3.05, 3.63) is 29.3 Å². The Labute approximate surface area is 103 Å². The fourth-order valence-electron chi connectivity index (χ4n) is 1.42. The molecule has 0 aliphatic rings. The van der Waals surface area contributed by atoms with Crippen LogP contribution in [0.25, 0.3) is 11.5 Å². The minimum absolute atomic E-state index is 0.277. The van der Waals surface area contributed by atoms with Crippen LogP contribution < -0.4 is 4.90 Å². The van der Waals surface area contributed by atoms with Crippen LogP contribution in [0.4, 0.5) is 5.95 Å². The fraction of sp³-hybridized carbons (Fsp3) is 0.167. The van der Waals surface area contributed by atoms with Gasteiger partial charge in [-0.05, 0) is 23.4 Å². The molecule has 0 unspecified atom stereocenters. The zero-order valence-corrected chi connectivity index (χ0v) is 9.91. The van der Waals surface area contributed by atoms with Gasteiger partial charge in [-0.3, -0.25) is 4.79 Å². The summed E-state index contributed by atoms with van der Waals surface area (Å²) in [5.74, 6) is 0.707. The van der Waals surface area contributed by atoms with E-state index < -0.39 is 0 Å². The first-order chi connectivity index (χ1) is 8.63. The highest BCUT2D eigenvalue weighted by molar-refractivity contribution is 5.79. The Morgan fingerprint density at radius 3 is 2.72 bits per heavy atom. The third-order valence-corrected chi connectivity index (χ3v) is 2.28. The van der Waals surface area contributed by atoms with Gasteiger partial charge in [0.2, 0.25) is 0 Å². The Bertz CT molecular complexity index is 625. The summed E-state index contributed by atoms with van der Waals surface area (Å²) in [6.45, 7) is 0. The van der Waals surface area contributed by atoms with Gasteiger partial charge in [-0.2, -0.15) is 10.2 Å². The molecule has 0 aliphatic heterocycles. The van der Waals surface area contributed by atoms with Crippen LogP contribution in [0.2, 0.25) is 0 Å². The SMILES string of the molecule is CN(C)c1noc(-c2cc(C#N)cc(C=O)c2)n1. The number of aldehydes is 1. The standard InChI is InChI=1S/C12H10N4O2/c1-16(2)12-14-11(18-15-12)10-4-8(6-13)3-9(5-10)7-17/h3-5,7H,1-2H3. The maximum Gasteiger partial charge on any atom is 0.265 e. The first kappa shape index (κ1) is 11.8. The summed E-state index contributed by atoms with van der Waals surface area (Å²) in [6, 6.07) is 6.68. The van der Waals surface area contributed by atoms with Crippen molar-refractivity contribution < 1.29 is 9.32 Å². The lowest BCUT2D eigenvalue weighted by Crippen LogP contribution is -2.10. The molecular formula is C12H10N4O2. The molecule has 0 amide bonds. The highest BCUT2D eigenvalue weighted by Crippen LogP contribution is 2.21. The quantitative estimate of drug-likeness (QED) is 0.758. The average Bonchev–Trinajstić information content (AvgIpc) is 2.87. The number of rotatable bonds is 3. The van der Waals surface area contributed by atoms with Crippen LogP contribution >= 0.6 is 0 Å². The number of hydrogen-bond donors (Lipinski definition) is 0. The summed E-state index contributed by atoms with van der Waals surface area (Å²) in [6.07, 6.45) is 0.674. The molecule has 6 nitrogen and oxygen atoms in total. The van der Waals surface area contributed by atoms with Crippen molar-refractivity contribution in [2.24, 2.45) is 0 Å². The predicted molar refractivity (Wildman–Crippen MR) is 64.2 cm³/mol. The fourth-order valence-corrected chi connectivity index (χ4v) is 1.42. The van der Waals surface area contributed by atoms with Crippen LogP contribution in [-0.4, -0.2) is 30.5 Å². The van der Waals surface area contributed by atoms with E-state index in [2.05, 4.69) is 10.1 Å². The van der Waals surface area contributed by atoms with E-state index in [0.717, 1.165) is 0 Å². The van der Waals surface area contributed by atoms with Gasteiger partial charge in [0.05, 0.1) is 11.6 Å². The molecule has 2 rings (SSSR count). The van der Waals surface area contributed by atoms with Gasteiger partial charge < -0.3 is 9.42 Å². The molecule has 0 N–H and O–H groups in total. The van der Waals surface area contributed by atoms with E-state index in [0.29, 0.717) is 28.9 Å². The molecule has 1 heterocycles. The van der Waals surface area contributed by atoms with Crippen molar-refractivity contribution in [1.82, 2.24) is 10.1 Å². The van der Waals surface area contributed by atoms with E-state index in [1.54, 1.807) is 31.1 Å². The summed E-state index contributed by atoms with van der Waals surface area (Å²) < 4.78 is 5.08. The second-order valence-corrected chi connectivity index (χ2v) is 3.87. The smallest absolute Gasteiger partial charge is 0.265 e. The molecule has 0 radical (unpaired) electrons. The molecule has 6 heteroatoms. The van der Waals surface area contributed by atoms with Crippen LogP contribution in [0.1, 0.15) is 15.9 Å².